The summed E-state index contributed by atoms with van der Waals surface area (Å²) in [6.45, 7) is 2.56. The van der Waals surface area contributed by atoms with Gasteiger partial charge >= 0.3 is 0 Å². The van der Waals surface area contributed by atoms with Crippen molar-refractivity contribution < 1.29 is 14.3 Å². The van der Waals surface area contributed by atoms with Gasteiger partial charge in [-0.2, -0.15) is 0 Å². The van der Waals surface area contributed by atoms with Crippen LogP contribution in [0.15, 0.2) is 24.3 Å². The number of hydrogen-bond donors (Lipinski definition) is 1. The van der Waals surface area contributed by atoms with E-state index in [-0.39, 0.29) is 17.9 Å². The van der Waals surface area contributed by atoms with E-state index in [0.717, 1.165) is 17.0 Å². The number of ether oxygens (including phenoxy) is 1. The fraction of sp³-hybridized carbons (Fsp3) is 0.444. The second-order valence-electron chi connectivity index (χ2n) is 6.42. The lowest BCUT2D eigenvalue weighted by Crippen LogP contribution is -2.39. The summed E-state index contributed by atoms with van der Waals surface area (Å²) in [5, 5.41) is 11.1. The molecule has 0 spiro atoms. The van der Waals surface area contributed by atoms with Crippen LogP contribution in [-0.4, -0.2) is 45.9 Å². The van der Waals surface area contributed by atoms with Crippen LogP contribution in [0.1, 0.15) is 36.3 Å². The molecular formula is C18H23N5O3. The van der Waals surface area contributed by atoms with Crippen LogP contribution in [0.2, 0.25) is 0 Å². The van der Waals surface area contributed by atoms with Crippen molar-refractivity contribution in [2.45, 2.75) is 38.9 Å². The van der Waals surface area contributed by atoms with Crippen molar-refractivity contribution in [1.29, 1.82) is 0 Å². The minimum Gasteiger partial charge on any atom is -0.497 e. The molecule has 2 heterocycles. The minimum atomic E-state index is -0.365. The highest BCUT2D eigenvalue weighted by atomic mass is 16.5. The molecule has 1 N–H and O–H groups in total. The van der Waals surface area contributed by atoms with Gasteiger partial charge in [0.2, 0.25) is 11.8 Å². The third-order valence-corrected chi connectivity index (χ3v) is 4.61. The van der Waals surface area contributed by atoms with Crippen LogP contribution >= 0.6 is 0 Å². The Balaban J connectivity index is 1.54. The molecule has 138 valence electrons. The summed E-state index contributed by atoms with van der Waals surface area (Å²) >= 11 is 0. The smallest absolute Gasteiger partial charge is 0.247 e. The Hall–Kier alpha value is -2.90. The number of nitrogens with zero attached hydrogens (tertiary/aromatic N) is 4. The first-order valence-corrected chi connectivity index (χ1v) is 8.57. The van der Waals surface area contributed by atoms with Crippen molar-refractivity contribution in [3.05, 3.63) is 41.2 Å². The molecule has 1 aliphatic heterocycles. The van der Waals surface area contributed by atoms with E-state index in [4.69, 9.17) is 4.74 Å². The van der Waals surface area contributed by atoms with Gasteiger partial charge in [0.1, 0.15) is 17.5 Å². The van der Waals surface area contributed by atoms with Gasteiger partial charge in [-0.1, -0.05) is 17.3 Å². The van der Waals surface area contributed by atoms with Gasteiger partial charge in [-0.05, 0) is 31.0 Å². The highest BCUT2D eigenvalue weighted by Crippen LogP contribution is 2.21. The van der Waals surface area contributed by atoms with Crippen LogP contribution in [-0.2, 0) is 29.1 Å². The summed E-state index contributed by atoms with van der Waals surface area (Å²) in [4.78, 5) is 25.8. The Bertz CT molecular complexity index is 800. The summed E-state index contributed by atoms with van der Waals surface area (Å²) < 4.78 is 6.76. The van der Waals surface area contributed by atoms with Gasteiger partial charge < -0.3 is 15.0 Å². The molecule has 8 nitrogen and oxygen atoms in total. The average Bonchev–Trinajstić information content (AvgIpc) is 3.06. The maximum absolute atomic E-state index is 12.1. The molecule has 2 amide bonds. The first-order chi connectivity index (χ1) is 12.5. The van der Waals surface area contributed by atoms with Crippen LogP contribution in [0.4, 0.5) is 0 Å². The highest BCUT2D eigenvalue weighted by molar-refractivity contribution is 5.80. The van der Waals surface area contributed by atoms with E-state index in [1.54, 1.807) is 30.7 Å². The molecule has 0 aliphatic carbocycles. The lowest BCUT2D eigenvalue weighted by Gasteiger charge is -2.28. The molecule has 0 radical (unpaired) electrons. The van der Waals surface area contributed by atoms with Crippen molar-refractivity contribution in [3.8, 4) is 5.75 Å². The van der Waals surface area contributed by atoms with Crippen molar-refractivity contribution >= 4 is 11.8 Å². The second-order valence-corrected chi connectivity index (χ2v) is 6.42. The predicted octanol–water partition coefficient (Wildman–Crippen LogP) is 1.07. The van der Waals surface area contributed by atoms with E-state index >= 15 is 0 Å². The molecule has 1 atom stereocenters. The van der Waals surface area contributed by atoms with Gasteiger partial charge in [-0.15, -0.1) is 5.10 Å². The largest absolute Gasteiger partial charge is 0.497 e. The lowest BCUT2D eigenvalue weighted by molar-refractivity contribution is -0.135. The molecule has 8 heteroatoms. The van der Waals surface area contributed by atoms with Gasteiger partial charge in [-0.3, -0.25) is 9.59 Å². The SMILES string of the molecule is COc1ccc(CCC(=O)NCc2nnn3c2CN(C)C(=O)C3C)cc1. The molecule has 2 aromatic rings. The Morgan fingerprint density at radius 2 is 2.08 bits per heavy atom. The number of carbonyl (C=O) groups excluding carboxylic acids is 2. The highest BCUT2D eigenvalue weighted by Gasteiger charge is 2.30. The lowest BCUT2D eigenvalue weighted by atomic mass is 10.1. The number of hydrogen-bond acceptors (Lipinski definition) is 5. The van der Waals surface area contributed by atoms with E-state index in [2.05, 4.69) is 15.6 Å². The standard InChI is InChI=1S/C18H23N5O3/c1-12-18(25)22(2)11-16-15(20-21-23(12)16)10-19-17(24)9-6-13-4-7-14(26-3)8-5-13/h4-5,7-8,12H,6,9-11H2,1-3H3,(H,19,24). The number of methoxy groups -OCH3 is 1. The number of carbonyl (C=O) groups is 2. The van der Waals surface area contributed by atoms with Crippen molar-refractivity contribution in [2.75, 3.05) is 14.2 Å². The van der Waals surface area contributed by atoms with Crippen molar-refractivity contribution in [1.82, 2.24) is 25.2 Å². The molecular weight excluding hydrogens is 334 g/mol. The van der Waals surface area contributed by atoms with Gasteiger partial charge in [0.05, 0.1) is 25.9 Å². The van der Waals surface area contributed by atoms with Gasteiger partial charge in [-0.25, -0.2) is 4.68 Å². The van der Waals surface area contributed by atoms with Gasteiger partial charge in [0.25, 0.3) is 0 Å². The van der Waals surface area contributed by atoms with Gasteiger partial charge in [0.15, 0.2) is 0 Å². The Morgan fingerprint density at radius 3 is 2.77 bits per heavy atom. The zero-order valence-electron chi connectivity index (χ0n) is 15.2. The summed E-state index contributed by atoms with van der Waals surface area (Å²) in [5.41, 5.74) is 2.65. The molecule has 0 saturated carbocycles. The molecule has 1 aromatic carbocycles. The Labute approximate surface area is 152 Å². The quantitative estimate of drug-likeness (QED) is 0.835. The number of fused-ring (bicyclic) bond motifs is 1. The number of aryl methyl sites for hydroxylation is 1. The Kier molecular flexibility index (Phi) is 5.20. The molecule has 1 aliphatic rings. The van der Waals surface area contributed by atoms with E-state index < -0.39 is 0 Å². The van der Waals surface area contributed by atoms with Gasteiger partial charge in [0, 0.05) is 13.5 Å². The van der Waals surface area contributed by atoms with Crippen LogP contribution in [0, 0.1) is 0 Å². The zero-order valence-corrected chi connectivity index (χ0v) is 15.2. The number of amides is 2. The number of likely N-dealkylation sites (N-methyl/N-ethyl adjacent to an activating group) is 1. The van der Waals surface area contributed by atoms with Crippen molar-refractivity contribution in [2.24, 2.45) is 0 Å². The average molecular weight is 357 g/mol. The monoisotopic (exact) mass is 357 g/mol. The third-order valence-electron chi connectivity index (χ3n) is 4.61. The van der Waals surface area contributed by atoms with E-state index in [0.29, 0.717) is 31.6 Å². The Morgan fingerprint density at radius 1 is 1.35 bits per heavy atom. The molecule has 0 bridgehead atoms. The molecule has 0 saturated heterocycles. The fourth-order valence-corrected chi connectivity index (χ4v) is 3.01. The van der Waals surface area contributed by atoms with Crippen molar-refractivity contribution in [3.63, 3.8) is 0 Å². The van der Waals surface area contributed by atoms with Crippen LogP contribution in [0.5, 0.6) is 5.75 Å². The number of rotatable bonds is 6. The summed E-state index contributed by atoms with van der Waals surface area (Å²) in [6, 6.07) is 7.31. The summed E-state index contributed by atoms with van der Waals surface area (Å²) in [7, 11) is 3.38. The predicted molar refractivity (Wildman–Crippen MR) is 94.4 cm³/mol. The third kappa shape index (κ3) is 3.68. The topological polar surface area (TPSA) is 89.3 Å². The number of benzene rings is 1. The number of nitrogens with one attached hydrogen (secondary N) is 1. The maximum Gasteiger partial charge on any atom is 0.247 e. The van der Waals surface area contributed by atoms with Crippen LogP contribution < -0.4 is 10.1 Å². The molecule has 0 fully saturated rings. The van der Waals surface area contributed by atoms with E-state index in [1.165, 1.54) is 0 Å². The first-order valence-electron chi connectivity index (χ1n) is 8.57. The number of aromatic nitrogens is 3. The normalized spacial score (nSPS) is 16.3. The van der Waals surface area contributed by atoms with Crippen LogP contribution in [0.3, 0.4) is 0 Å². The molecule has 3 rings (SSSR count). The molecule has 1 unspecified atom stereocenters. The van der Waals surface area contributed by atoms with E-state index in [1.807, 2.05) is 24.3 Å². The summed E-state index contributed by atoms with van der Waals surface area (Å²) in [5.74, 6) is 0.765. The zero-order chi connectivity index (χ0) is 18.7. The first kappa shape index (κ1) is 17.9. The minimum absolute atomic E-state index is 0.0116. The summed E-state index contributed by atoms with van der Waals surface area (Å²) in [6.07, 6.45) is 1.05. The fourth-order valence-electron chi connectivity index (χ4n) is 3.01. The maximum atomic E-state index is 12.1. The molecule has 26 heavy (non-hydrogen) atoms. The van der Waals surface area contributed by atoms with Crippen LogP contribution in [0.25, 0.3) is 0 Å². The second kappa shape index (κ2) is 7.55. The van der Waals surface area contributed by atoms with E-state index in [9.17, 15) is 9.59 Å². The molecule has 1 aromatic heterocycles.